The van der Waals surface area contributed by atoms with Crippen molar-refractivity contribution < 1.29 is 4.74 Å². The molecule has 16 heavy (non-hydrogen) atoms. The van der Waals surface area contributed by atoms with Crippen molar-refractivity contribution in [2.24, 2.45) is 5.73 Å². The molecule has 0 fully saturated rings. The molecule has 90 valence electrons. The van der Waals surface area contributed by atoms with Gasteiger partial charge in [0.1, 0.15) is 11.4 Å². The molecular weight excluding hydrogens is 204 g/mol. The van der Waals surface area contributed by atoms with Gasteiger partial charge in [-0.15, -0.1) is 10.2 Å². The zero-order valence-electron chi connectivity index (χ0n) is 10.2. The van der Waals surface area contributed by atoms with E-state index in [0.717, 1.165) is 37.5 Å². The SMILES string of the molecule is CCC(C)(OC)c1nnc2n1CC(N)CC2. The number of hydrogen-bond donors (Lipinski definition) is 1. The predicted molar refractivity (Wildman–Crippen MR) is 61.0 cm³/mol. The van der Waals surface area contributed by atoms with Crippen LogP contribution in [0.1, 0.15) is 38.3 Å². The second-order valence-corrected chi connectivity index (χ2v) is 4.64. The van der Waals surface area contributed by atoms with Crippen LogP contribution < -0.4 is 5.73 Å². The number of aryl methyl sites for hydroxylation is 1. The summed E-state index contributed by atoms with van der Waals surface area (Å²) in [6.45, 7) is 4.94. The fraction of sp³-hybridized carbons (Fsp3) is 0.818. The second kappa shape index (κ2) is 4.14. The molecular formula is C11H20N4O. The Morgan fingerprint density at radius 1 is 1.56 bits per heavy atom. The number of nitrogens with zero attached hydrogens (tertiary/aromatic N) is 3. The van der Waals surface area contributed by atoms with E-state index in [1.54, 1.807) is 7.11 Å². The normalized spacial score (nSPS) is 23.9. The van der Waals surface area contributed by atoms with Crippen LogP contribution in [0.2, 0.25) is 0 Å². The van der Waals surface area contributed by atoms with E-state index in [1.807, 2.05) is 6.92 Å². The number of ether oxygens (including phenoxy) is 1. The highest BCUT2D eigenvalue weighted by Gasteiger charge is 2.33. The van der Waals surface area contributed by atoms with Gasteiger partial charge in [0.05, 0.1) is 0 Å². The van der Waals surface area contributed by atoms with E-state index in [1.165, 1.54) is 0 Å². The molecule has 0 saturated carbocycles. The van der Waals surface area contributed by atoms with Gasteiger partial charge >= 0.3 is 0 Å². The minimum Gasteiger partial charge on any atom is -0.371 e. The van der Waals surface area contributed by atoms with Crippen molar-refractivity contribution in [3.05, 3.63) is 11.6 Å². The Labute approximate surface area is 96.0 Å². The molecule has 2 N–H and O–H groups in total. The van der Waals surface area contributed by atoms with Gasteiger partial charge < -0.3 is 15.0 Å². The first kappa shape index (κ1) is 11.5. The molecule has 0 radical (unpaired) electrons. The molecule has 2 unspecified atom stereocenters. The third-order valence-corrected chi connectivity index (χ3v) is 3.58. The number of aromatic nitrogens is 3. The van der Waals surface area contributed by atoms with Gasteiger partial charge in [-0.3, -0.25) is 0 Å². The minimum atomic E-state index is -0.359. The first-order valence-electron chi connectivity index (χ1n) is 5.84. The fourth-order valence-electron chi connectivity index (χ4n) is 2.14. The number of methoxy groups -OCH3 is 1. The van der Waals surface area contributed by atoms with Gasteiger partial charge in [0, 0.05) is 26.1 Å². The first-order valence-corrected chi connectivity index (χ1v) is 5.84. The van der Waals surface area contributed by atoms with Gasteiger partial charge in [-0.05, 0) is 19.8 Å². The van der Waals surface area contributed by atoms with E-state index in [4.69, 9.17) is 10.5 Å². The summed E-state index contributed by atoms with van der Waals surface area (Å²) >= 11 is 0. The summed E-state index contributed by atoms with van der Waals surface area (Å²) in [7, 11) is 1.72. The summed E-state index contributed by atoms with van der Waals surface area (Å²) < 4.78 is 7.69. The molecule has 2 rings (SSSR count). The Morgan fingerprint density at radius 2 is 2.31 bits per heavy atom. The molecule has 1 aromatic rings. The Morgan fingerprint density at radius 3 is 2.94 bits per heavy atom. The van der Waals surface area contributed by atoms with Crippen LogP contribution in [0.5, 0.6) is 0 Å². The molecule has 0 spiro atoms. The van der Waals surface area contributed by atoms with Crippen molar-refractivity contribution in [1.29, 1.82) is 0 Å². The maximum Gasteiger partial charge on any atom is 0.165 e. The van der Waals surface area contributed by atoms with Crippen molar-refractivity contribution in [3.8, 4) is 0 Å². The van der Waals surface area contributed by atoms with Gasteiger partial charge in [0.2, 0.25) is 0 Å². The molecule has 0 amide bonds. The Balaban J connectivity index is 2.39. The van der Waals surface area contributed by atoms with Crippen LogP contribution in [0.3, 0.4) is 0 Å². The Bertz CT molecular complexity index is 370. The lowest BCUT2D eigenvalue weighted by Gasteiger charge is -2.29. The van der Waals surface area contributed by atoms with Crippen LogP contribution in [-0.4, -0.2) is 27.9 Å². The summed E-state index contributed by atoms with van der Waals surface area (Å²) in [6.07, 6.45) is 2.78. The molecule has 2 atom stereocenters. The van der Waals surface area contributed by atoms with E-state index in [9.17, 15) is 0 Å². The van der Waals surface area contributed by atoms with Crippen molar-refractivity contribution >= 4 is 0 Å². The Kier molecular flexibility index (Phi) is 2.99. The molecule has 2 heterocycles. The molecule has 0 aromatic carbocycles. The van der Waals surface area contributed by atoms with Gasteiger partial charge in [0.25, 0.3) is 0 Å². The zero-order valence-corrected chi connectivity index (χ0v) is 10.2. The second-order valence-electron chi connectivity index (χ2n) is 4.64. The van der Waals surface area contributed by atoms with Gasteiger partial charge in [-0.2, -0.15) is 0 Å². The predicted octanol–water partition coefficient (Wildman–Crippen LogP) is 0.823. The van der Waals surface area contributed by atoms with Crippen molar-refractivity contribution in [2.75, 3.05) is 7.11 Å². The van der Waals surface area contributed by atoms with Gasteiger partial charge in [-0.1, -0.05) is 6.92 Å². The zero-order chi connectivity index (χ0) is 11.8. The van der Waals surface area contributed by atoms with Crippen LogP contribution in [0.4, 0.5) is 0 Å². The van der Waals surface area contributed by atoms with Crippen molar-refractivity contribution in [2.45, 2.75) is 51.3 Å². The van der Waals surface area contributed by atoms with E-state index >= 15 is 0 Å². The quantitative estimate of drug-likeness (QED) is 0.825. The molecule has 0 bridgehead atoms. The third kappa shape index (κ3) is 1.74. The fourth-order valence-corrected chi connectivity index (χ4v) is 2.14. The lowest BCUT2D eigenvalue weighted by Crippen LogP contribution is -2.36. The van der Waals surface area contributed by atoms with Crippen LogP contribution in [-0.2, 0) is 23.3 Å². The van der Waals surface area contributed by atoms with E-state index in [2.05, 4.69) is 21.7 Å². The smallest absolute Gasteiger partial charge is 0.165 e. The number of nitrogens with two attached hydrogens (primary N) is 1. The number of fused-ring (bicyclic) bond motifs is 1. The van der Waals surface area contributed by atoms with E-state index in [-0.39, 0.29) is 11.6 Å². The molecule has 0 aliphatic carbocycles. The number of rotatable bonds is 3. The molecule has 1 aliphatic heterocycles. The average molecular weight is 224 g/mol. The summed E-state index contributed by atoms with van der Waals surface area (Å²) in [6, 6.07) is 0.209. The summed E-state index contributed by atoms with van der Waals surface area (Å²) in [5, 5.41) is 8.51. The molecule has 1 aliphatic rings. The highest BCUT2D eigenvalue weighted by Crippen LogP contribution is 2.28. The summed E-state index contributed by atoms with van der Waals surface area (Å²) in [5.41, 5.74) is 5.63. The van der Waals surface area contributed by atoms with Crippen molar-refractivity contribution in [3.63, 3.8) is 0 Å². The summed E-state index contributed by atoms with van der Waals surface area (Å²) in [5.74, 6) is 1.94. The van der Waals surface area contributed by atoms with Crippen molar-refractivity contribution in [1.82, 2.24) is 14.8 Å². The van der Waals surface area contributed by atoms with E-state index < -0.39 is 0 Å². The third-order valence-electron chi connectivity index (χ3n) is 3.58. The van der Waals surface area contributed by atoms with E-state index in [0.29, 0.717) is 0 Å². The maximum absolute atomic E-state index is 5.99. The lowest BCUT2D eigenvalue weighted by molar-refractivity contribution is -0.0127. The standard InChI is InChI=1S/C11H20N4O/c1-4-11(2,16-3)10-14-13-9-6-5-8(12)7-15(9)10/h8H,4-7,12H2,1-3H3. The van der Waals surface area contributed by atoms with Crippen LogP contribution >= 0.6 is 0 Å². The minimum absolute atomic E-state index is 0.209. The molecule has 5 heteroatoms. The first-order chi connectivity index (χ1) is 7.60. The molecule has 0 saturated heterocycles. The summed E-state index contributed by atoms with van der Waals surface area (Å²) in [4.78, 5) is 0. The Hall–Kier alpha value is -0.940. The number of hydrogen-bond acceptors (Lipinski definition) is 4. The van der Waals surface area contributed by atoms with Gasteiger partial charge in [0.15, 0.2) is 5.82 Å². The molecule has 1 aromatic heterocycles. The topological polar surface area (TPSA) is 66.0 Å². The maximum atomic E-state index is 5.99. The van der Waals surface area contributed by atoms with Crippen LogP contribution in [0.15, 0.2) is 0 Å². The highest BCUT2D eigenvalue weighted by atomic mass is 16.5. The largest absolute Gasteiger partial charge is 0.371 e. The monoisotopic (exact) mass is 224 g/mol. The highest BCUT2D eigenvalue weighted by molar-refractivity contribution is 5.08. The van der Waals surface area contributed by atoms with Crippen LogP contribution in [0, 0.1) is 0 Å². The molecule has 5 nitrogen and oxygen atoms in total. The average Bonchev–Trinajstić information content (AvgIpc) is 2.71. The van der Waals surface area contributed by atoms with Crippen LogP contribution in [0.25, 0.3) is 0 Å². The lowest BCUT2D eigenvalue weighted by atomic mass is 10.0. The van der Waals surface area contributed by atoms with Gasteiger partial charge in [-0.25, -0.2) is 0 Å².